The van der Waals surface area contributed by atoms with Crippen LogP contribution in [0.2, 0.25) is 0 Å². The summed E-state index contributed by atoms with van der Waals surface area (Å²) in [5.74, 6) is -1.61. The van der Waals surface area contributed by atoms with Gasteiger partial charge in [-0.2, -0.15) is 0 Å². The van der Waals surface area contributed by atoms with E-state index in [-0.39, 0.29) is 10.6 Å². The van der Waals surface area contributed by atoms with E-state index in [4.69, 9.17) is 0 Å². The zero-order chi connectivity index (χ0) is 18.7. The van der Waals surface area contributed by atoms with Gasteiger partial charge >= 0.3 is 0 Å². The predicted octanol–water partition coefficient (Wildman–Crippen LogP) is 4.07. The van der Waals surface area contributed by atoms with Crippen molar-refractivity contribution in [1.82, 2.24) is 4.98 Å². The SMILES string of the molecule is O=S(=O)(c1ccc(C=Cc2ccc(F)cc2O)nc1)c1ccccc1F. The molecule has 0 unspecified atom stereocenters. The minimum absolute atomic E-state index is 0.135. The van der Waals surface area contributed by atoms with Gasteiger partial charge in [-0.25, -0.2) is 17.2 Å². The number of halogens is 2. The number of nitrogens with zero attached hydrogens (tertiary/aromatic N) is 1. The van der Waals surface area contributed by atoms with E-state index in [1.807, 2.05) is 0 Å². The summed E-state index contributed by atoms with van der Waals surface area (Å²) < 4.78 is 51.6. The average Bonchev–Trinajstić information content (AvgIpc) is 2.61. The molecule has 0 spiro atoms. The van der Waals surface area contributed by atoms with Crippen LogP contribution in [0.5, 0.6) is 5.75 Å². The lowest BCUT2D eigenvalue weighted by Gasteiger charge is -2.05. The smallest absolute Gasteiger partial charge is 0.211 e. The number of aromatic hydroxyl groups is 1. The molecule has 0 aliphatic heterocycles. The number of phenols is 1. The first-order valence-corrected chi connectivity index (χ1v) is 8.98. The van der Waals surface area contributed by atoms with Crippen molar-refractivity contribution in [3.05, 3.63) is 83.7 Å². The van der Waals surface area contributed by atoms with Gasteiger partial charge < -0.3 is 5.11 Å². The first kappa shape index (κ1) is 17.8. The van der Waals surface area contributed by atoms with Crippen LogP contribution in [0.3, 0.4) is 0 Å². The fourth-order valence-corrected chi connectivity index (χ4v) is 3.55. The molecule has 3 rings (SSSR count). The molecule has 0 atom stereocenters. The maximum atomic E-state index is 13.8. The summed E-state index contributed by atoms with van der Waals surface area (Å²) in [5.41, 5.74) is 0.803. The molecule has 0 aliphatic carbocycles. The highest BCUT2D eigenvalue weighted by Gasteiger charge is 2.21. The number of sulfone groups is 1. The molecule has 3 aromatic rings. The molecule has 7 heteroatoms. The van der Waals surface area contributed by atoms with Gasteiger partial charge in [-0.1, -0.05) is 12.1 Å². The van der Waals surface area contributed by atoms with E-state index < -0.39 is 26.4 Å². The Morgan fingerprint density at radius 1 is 0.962 bits per heavy atom. The van der Waals surface area contributed by atoms with E-state index in [9.17, 15) is 22.3 Å². The number of rotatable bonds is 4. The van der Waals surface area contributed by atoms with Gasteiger partial charge in [-0.3, -0.25) is 4.98 Å². The van der Waals surface area contributed by atoms with Crippen molar-refractivity contribution in [3.8, 4) is 5.75 Å². The van der Waals surface area contributed by atoms with Crippen molar-refractivity contribution in [1.29, 1.82) is 0 Å². The standard InChI is InChI=1S/C19H13F2NO3S/c20-14-7-5-13(18(23)11-14)6-8-15-9-10-16(12-22-15)26(24,25)19-4-2-1-3-17(19)21/h1-12,23H. The van der Waals surface area contributed by atoms with E-state index in [1.165, 1.54) is 54.6 Å². The molecule has 0 aliphatic rings. The molecule has 0 saturated heterocycles. The number of pyridine rings is 1. The van der Waals surface area contributed by atoms with Crippen LogP contribution >= 0.6 is 0 Å². The molecular formula is C19H13F2NO3S. The summed E-state index contributed by atoms with van der Waals surface area (Å²) in [5, 5.41) is 9.65. The number of benzene rings is 2. The maximum absolute atomic E-state index is 13.8. The second-order valence-corrected chi connectivity index (χ2v) is 7.31. The molecule has 0 amide bonds. The molecule has 132 valence electrons. The van der Waals surface area contributed by atoms with Gasteiger partial charge in [0.2, 0.25) is 9.84 Å². The molecule has 1 aromatic heterocycles. The topological polar surface area (TPSA) is 67.3 Å². The highest BCUT2D eigenvalue weighted by Crippen LogP contribution is 2.24. The van der Waals surface area contributed by atoms with Gasteiger partial charge in [-0.15, -0.1) is 0 Å². The van der Waals surface area contributed by atoms with Crippen LogP contribution in [0, 0.1) is 11.6 Å². The van der Waals surface area contributed by atoms with Gasteiger partial charge in [0, 0.05) is 17.8 Å². The Hall–Kier alpha value is -3.06. The van der Waals surface area contributed by atoms with Gasteiger partial charge in [-0.05, 0) is 48.6 Å². The molecule has 0 fully saturated rings. The second kappa shape index (κ2) is 7.05. The molecule has 2 aromatic carbocycles. The summed E-state index contributed by atoms with van der Waals surface area (Å²) in [6, 6.07) is 11.5. The Labute approximate surface area is 149 Å². The molecule has 0 saturated carbocycles. The number of phenolic OH excluding ortho intramolecular Hbond substituents is 1. The zero-order valence-electron chi connectivity index (χ0n) is 13.3. The number of hydrogen-bond donors (Lipinski definition) is 1. The highest BCUT2D eigenvalue weighted by atomic mass is 32.2. The highest BCUT2D eigenvalue weighted by molar-refractivity contribution is 7.91. The van der Waals surface area contributed by atoms with E-state index in [2.05, 4.69) is 4.98 Å². The lowest BCUT2D eigenvalue weighted by Crippen LogP contribution is -2.05. The van der Waals surface area contributed by atoms with Crippen LogP contribution in [-0.2, 0) is 9.84 Å². The normalized spacial score (nSPS) is 11.8. The monoisotopic (exact) mass is 373 g/mol. The maximum Gasteiger partial charge on any atom is 0.211 e. The Balaban J connectivity index is 1.87. The summed E-state index contributed by atoms with van der Waals surface area (Å²) in [6.45, 7) is 0. The molecule has 26 heavy (non-hydrogen) atoms. The molecule has 0 bridgehead atoms. The van der Waals surface area contributed by atoms with Gasteiger partial charge in [0.25, 0.3) is 0 Å². The van der Waals surface area contributed by atoms with Gasteiger partial charge in [0.15, 0.2) is 0 Å². The van der Waals surface area contributed by atoms with Crippen LogP contribution in [0.1, 0.15) is 11.3 Å². The Morgan fingerprint density at radius 2 is 1.73 bits per heavy atom. The third-order valence-electron chi connectivity index (χ3n) is 3.62. The fourth-order valence-electron chi connectivity index (χ4n) is 2.27. The van der Waals surface area contributed by atoms with Crippen LogP contribution in [0.15, 0.2) is 70.6 Å². The molecule has 1 heterocycles. The quantitative estimate of drug-likeness (QED) is 0.749. The summed E-state index contributed by atoms with van der Waals surface area (Å²) in [7, 11) is -4.01. The third kappa shape index (κ3) is 3.62. The zero-order valence-corrected chi connectivity index (χ0v) is 14.1. The first-order chi connectivity index (χ1) is 12.4. The lowest BCUT2D eigenvalue weighted by molar-refractivity contribution is 0.468. The largest absolute Gasteiger partial charge is 0.507 e. The minimum Gasteiger partial charge on any atom is -0.507 e. The number of aromatic nitrogens is 1. The minimum atomic E-state index is -4.01. The van der Waals surface area contributed by atoms with Crippen LogP contribution in [0.4, 0.5) is 8.78 Å². The third-order valence-corrected chi connectivity index (χ3v) is 5.39. The van der Waals surface area contributed by atoms with Crippen molar-refractivity contribution in [2.45, 2.75) is 9.79 Å². The lowest BCUT2D eigenvalue weighted by atomic mass is 10.1. The van der Waals surface area contributed by atoms with E-state index in [1.54, 1.807) is 0 Å². The predicted molar refractivity (Wildman–Crippen MR) is 93.1 cm³/mol. The van der Waals surface area contributed by atoms with Crippen LogP contribution in [0.25, 0.3) is 12.2 Å². The molecular weight excluding hydrogens is 360 g/mol. The summed E-state index contributed by atoms with van der Waals surface area (Å²) in [4.78, 5) is 3.47. The Kier molecular flexibility index (Phi) is 4.81. The fraction of sp³-hybridized carbons (Fsp3) is 0. The average molecular weight is 373 g/mol. The molecule has 4 nitrogen and oxygen atoms in total. The van der Waals surface area contributed by atoms with Crippen molar-refractivity contribution in [3.63, 3.8) is 0 Å². The van der Waals surface area contributed by atoms with Crippen LogP contribution < -0.4 is 0 Å². The summed E-state index contributed by atoms with van der Waals surface area (Å²) in [6.07, 6.45) is 4.18. The van der Waals surface area contributed by atoms with Crippen molar-refractivity contribution < 1.29 is 22.3 Å². The van der Waals surface area contributed by atoms with E-state index in [0.717, 1.165) is 18.3 Å². The second-order valence-electron chi connectivity index (χ2n) is 5.39. The van der Waals surface area contributed by atoms with Gasteiger partial charge in [0.1, 0.15) is 22.3 Å². The van der Waals surface area contributed by atoms with Crippen molar-refractivity contribution in [2.24, 2.45) is 0 Å². The Morgan fingerprint density at radius 3 is 2.38 bits per heavy atom. The van der Waals surface area contributed by atoms with Crippen LogP contribution in [-0.4, -0.2) is 18.5 Å². The summed E-state index contributed by atoms with van der Waals surface area (Å²) >= 11 is 0. The van der Waals surface area contributed by atoms with E-state index in [0.29, 0.717) is 11.3 Å². The van der Waals surface area contributed by atoms with Gasteiger partial charge in [0.05, 0.1) is 10.6 Å². The van der Waals surface area contributed by atoms with Crippen molar-refractivity contribution >= 4 is 22.0 Å². The van der Waals surface area contributed by atoms with E-state index >= 15 is 0 Å². The number of hydrogen-bond acceptors (Lipinski definition) is 4. The molecule has 1 N–H and O–H groups in total. The van der Waals surface area contributed by atoms with Crippen molar-refractivity contribution in [2.75, 3.05) is 0 Å². The Bertz CT molecular complexity index is 1080. The first-order valence-electron chi connectivity index (χ1n) is 7.50. The molecule has 0 radical (unpaired) electrons.